The summed E-state index contributed by atoms with van der Waals surface area (Å²) in [5.41, 5.74) is 5.95. The SMILES string of the molecule is NC1CCN(C2CCN(CC(=O)N3CCNC3=O)C2)CC1. The number of hydrogen-bond donors (Lipinski definition) is 2. The molecule has 3 rings (SSSR count). The van der Waals surface area contributed by atoms with Crippen LogP contribution < -0.4 is 11.1 Å². The first-order valence-corrected chi connectivity index (χ1v) is 7.93. The molecular weight excluding hydrogens is 270 g/mol. The highest BCUT2D eigenvalue weighted by atomic mass is 16.2. The van der Waals surface area contributed by atoms with Crippen LogP contribution in [0.15, 0.2) is 0 Å². The minimum atomic E-state index is -0.249. The number of nitrogens with zero attached hydrogens (tertiary/aromatic N) is 3. The van der Waals surface area contributed by atoms with Gasteiger partial charge in [-0.3, -0.25) is 19.5 Å². The fourth-order valence-corrected chi connectivity index (χ4v) is 3.52. The van der Waals surface area contributed by atoms with Gasteiger partial charge in [0.05, 0.1) is 6.54 Å². The number of likely N-dealkylation sites (tertiary alicyclic amines) is 2. The number of carbonyl (C=O) groups is 2. The molecule has 0 aliphatic carbocycles. The Balaban J connectivity index is 1.46. The van der Waals surface area contributed by atoms with E-state index in [1.54, 1.807) is 0 Å². The molecule has 1 atom stereocenters. The van der Waals surface area contributed by atoms with E-state index in [1.165, 1.54) is 4.90 Å². The number of rotatable bonds is 3. The summed E-state index contributed by atoms with van der Waals surface area (Å²) >= 11 is 0. The van der Waals surface area contributed by atoms with Crippen molar-refractivity contribution in [1.82, 2.24) is 20.0 Å². The third kappa shape index (κ3) is 3.36. The van der Waals surface area contributed by atoms with Gasteiger partial charge in [-0.15, -0.1) is 0 Å². The smallest absolute Gasteiger partial charge is 0.324 e. The highest BCUT2D eigenvalue weighted by molar-refractivity contribution is 5.96. The van der Waals surface area contributed by atoms with Crippen LogP contribution >= 0.6 is 0 Å². The molecule has 1 unspecified atom stereocenters. The molecule has 7 nitrogen and oxygen atoms in total. The Morgan fingerprint density at radius 3 is 2.62 bits per heavy atom. The molecule has 3 amide bonds. The molecule has 118 valence electrons. The van der Waals surface area contributed by atoms with Crippen LogP contribution in [0.5, 0.6) is 0 Å². The lowest BCUT2D eigenvalue weighted by atomic mass is 10.0. The number of amides is 3. The number of imide groups is 1. The lowest BCUT2D eigenvalue weighted by Crippen LogP contribution is -2.47. The van der Waals surface area contributed by atoms with Gasteiger partial charge < -0.3 is 11.1 Å². The zero-order chi connectivity index (χ0) is 14.8. The number of nitrogens with two attached hydrogens (primary N) is 1. The summed E-state index contributed by atoms with van der Waals surface area (Å²) < 4.78 is 0. The zero-order valence-corrected chi connectivity index (χ0v) is 12.5. The molecular formula is C14H25N5O2. The van der Waals surface area contributed by atoms with E-state index >= 15 is 0 Å². The van der Waals surface area contributed by atoms with Crippen LogP contribution in [0.4, 0.5) is 4.79 Å². The van der Waals surface area contributed by atoms with E-state index in [0.29, 0.717) is 31.7 Å². The van der Waals surface area contributed by atoms with Gasteiger partial charge in [0.25, 0.3) is 0 Å². The van der Waals surface area contributed by atoms with E-state index in [2.05, 4.69) is 15.1 Å². The zero-order valence-electron chi connectivity index (χ0n) is 12.5. The minimum absolute atomic E-state index is 0.0775. The Bertz CT molecular complexity index is 408. The average molecular weight is 295 g/mol. The molecule has 0 bridgehead atoms. The largest absolute Gasteiger partial charge is 0.336 e. The molecule has 3 aliphatic rings. The van der Waals surface area contributed by atoms with Crippen molar-refractivity contribution in [2.75, 3.05) is 45.8 Å². The predicted octanol–water partition coefficient (Wildman–Crippen LogP) is -0.964. The fraction of sp³-hybridized carbons (Fsp3) is 0.857. The summed E-state index contributed by atoms with van der Waals surface area (Å²) in [6.07, 6.45) is 3.25. The maximum atomic E-state index is 12.1. The molecule has 0 radical (unpaired) electrons. The Kier molecular flexibility index (Phi) is 4.42. The summed E-state index contributed by atoms with van der Waals surface area (Å²) in [6, 6.07) is 0.646. The Hall–Kier alpha value is -1.18. The first kappa shape index (κ1) is 14.7. The standard InChI is InChI=1S/C14H25N5O2/c15-11-1-6-18(7-2-11)12-3-5-17(9-12)10-13(20)19-8-4-16-14(19)21/h11-12H,1-10,15H2,(H,16,21). The molecule has 0 aromatic heterocycles. The van der Waals surface area contributed by atoms with Crippen molar-refractivity contribution in [1.29, 1.82) is 0 Å². The summed E-state index contributed by atoms with van der Waals surface area (Å²) in [4.78, 5) is 29.6. The van der Waals surface area contributed by atoms with E-state index in [9.17, 15) is 9.59 Å². The summed E-state index contributed by atoms with van der Waals surface area (Å²) in [7, 11) is 0. The molecule has 3 saturated heterocycles. The van der Waals surface area contributed by atoms with E-state index in [1.807, 2.05) is 0 Å². The third-order valence-electron chi connectivity index (χ3n) is 4.85. The molecule has 3 N–H and O–H groups in total. The van der Waals surface area contributed by atoms with Crippen molar-refractivity contribution in [3.05, 3.63) is 0 Å². The van der Waals surface area contributed by atoms with E-state index in [4.69, 9.17) is 5.73 Å². The molecule has 3 aliphatic heterocycles. The van der Waals surface area contributed by atoms with Gasteiger partial charge in [-0.05, 0) is 32.4 Å². The maximum absolute atomic E-state index is 12.1. The van der Waals surface area contributed by atoms with Gasteiger partial charge in [0.1, 0.15) is 0 Å². The number of urea groups is 1. The summed E-state index contributed by atoms with van der Waals surface area (Å²) in [5, 5.41) is 2.67. The van der Waals surface area contributed by atoms with Crippen LogP contribution in [0, 0.1) is 0 Å². The Morgan fingerprint density at radius 2 is 1.95 bits per heavy atom. The van der Waals surface area contributed by atoms with Crippen LogP contribution in [-0.2, 0) is 4.79 Å². The van der Waals surface area contributed by atoms with Gasteiger partial charge in [-0.25, -0.2) is 4.79 Å². The molecule has 21 heavy (non-hydrogen) atoms. The normalized spacial score (nSPS) is 29.1. The van der Waals surface area contributed by atoms with Gasteiger partial charge >= 0.3 is 6.03 Å². The maximum Gasteiger partial charge on any atom is 0.324 e. The number of carbonyl (C=O) groups excluding carboxylic acids is 2. The van der Waals surface area contributed by atoms with E-state index < -0.39 is 0 Å². The first-order valence-electron chi connectivity index (χ1n) is 7.93. The first-order chi connectivity index (χ1) is 10.1. The number of hydrogen-bond acceptors (Lipinski definition) is 5. The van der Waals surface area contributed by atoms with Gasteiger partial charge in [-0.1, -0.05) is 0 Å². The Labute approximate surface area is 125 Å². The van der Waals surface area contributed by atoms with Crippen molar-refractivity contribution >= 4 is 11.9 Å². The molecule has 0 saturated carbocycles. The van der Waals surface area contributed by atoms with Crippen LogP contribution in [0.25, 0.3) is 0 Å². The highest BCUT2D eigenvalue weighted by Gasteiger charge is 2.33. The van der Waals surface area contributed by atoms with Crippen molar-refractivity contribution in [2.45, 2.75) is 31.3 Å². The number of nitrogens with one attached hydrogen (secondary N) is 1. The second-order valence-corrected chi connectivity index (χ2v) is 6.33. The van der Waals surface area contributed by atoms with Gasteiger partial charge in [0.2, 0.25) is 5.91 Å². The van der Waals surface area contributed by atoms with Crippen molar-refractivity contribution in [3.8, 4) is 0 Å². The Morgan fingerprint density at radius 1 is 1.19 bits per heavy atom. The second kappa shape index (κ2) is 6.29. The van der Waals surface area contributed by atoms with Gasteiger partial charge in [-0.2, -0.15) is 0 Å². The molecule has 7 heteroatoms. The molecule has 0 spiro atoms. The predicted molar refractivity (Wildman–Crippen MR) is 78.7 cm³/mol. The van der Waals surface area contributed by atoms with Gasteiger partial charge in [0.15, 0.2) is 0 Å². The van der Waals surface area contributed by atoms with Crippen molar-refractivity contribution < 1.29 is 9.59 Å². The highest BCUT2D eigenvalue weighted by Crippen LogP contribution is 2.20. The topological polar surface area (TPSA) is 81.9 Å². The fourth-order valence-electron chi connectivity index (χ4n) is 3.52. The molecule has 0 aromatic rings. The molecule has 0 aromatic carbocycles. The molecule has 3 fully saturated rings. The summed E-state index contributed by atoms with van der Waals surface area (Å²) in [6.45, 7) is 5.44. The lowest BCUT2D eigenvalue weighted by Gasteiger charge is -2.34. The quantitative estimate of drug-likeness (QED) is 0.700. The van der Waals surface area contributed by atoms with E-state index in [-0.39, 0.29) is 11.9 Å². The van der Waals surface area contributed by atoms with Crippen molar-refractivity contribution in [3.63, 3.8) is 0 Å². The lowest BCUT2D eigenvalue weighted by molar-refractivity contribution is -0.128. The molecule has 3 heterocycles. The van der Waals surface area contributed by atoms with Crippen LogP contribution in [0.2, 0.25) is 0 Å². The van der Waals surface area contributed by atoms with Crippen LogP contribution in [0.3, 0.4) is 0 Å². The summed E-state index contributed by atoms with van der Waals surface area (Å²) in [5.74, 6) is -0.0775. The van der Waals surface area contributed by atoms with Crippen molar-refractivity contribution in [2.24, 2.45) is 5.73 Å². The third-order valence-corrected chi connectivity index (χ3v) is 4.85. The van der Waals surface area contributed by atoms with E-state index in [0.717, 1.165) is 45.4 Å². The minimum Gasteiger partial charge on any atom is -0.336 e. The monoisotopic (exact) mass is 295 g/mol. The van der Waals surface area contributed by atoms with Gasteiger partial charge in [0, 0.05) is 38.3 Å². The second-order valence-electron chi connectivity index (χ2n) is 6.33. The van der Waals surface area contributed by atoms with Crippen LogP contribution in [0.1, 0.15) is 19.3 Å². The average Bonchev–Trinajstić information content (AvgIpc) is 3.09. The van der Waals surface area contributed by atoms with Crippen LogP contribution in [-0.4, -0.2) is 84.5 Å². The number of piperidine rings is 1.